The molecule has 558 valence electrons. The fraction of sp³-hybridized carbons (Fsp3) is 0.947. The van der Waals surface area contributed by atoms with Crippen LogP contribution in [-0.2, 0) is 65.4 Å². The van der Waals surface area contributed by atoms with Gasteiger partial charge in [-0.15, -0.1) is 0 Å². The zero-order valence-electron chi connectivity index (χ0n) is 60.9. The van der Waals surface area contributed by atoms with E-state index in [-0.39, 0.29) is 25.7 Å². The average Bonchev–Trinajstić information content (AvgIpc) is 1.88. The quantitative estimate of drug-likeness (QED) is 0.0222. The Balaban J connectivity index is 5.16. The van der Waals surface area contributed by atoms with Crippen LogP contribution < -0.4 is 0 Å². The van der Waals surface area contributed by atoms with Gasteiger partial charge in [0.05, 0.1) is 26.4 Å². The second kappa shape index (κ2) is 69.5. The molecule has 94 heavy (non-hydrogen) atoms. The highest BCUT2D eigenvalue weighted by Gasteiger charge is 2.30. The van der Waals surface area contributed by atoms with Gasteiger partial charge in [0.2, 0.25) is 0 Å². The van der Waals surface area contributed by atoms with Gasteiger partial charge in [0.25, 0.3) is 0 Å². The molecule has 0 aromatic heterocycles. The van der Waals surface area contributed by atoms with Crippen LogP contribution in [0.4, 0.5) is 0 Å². The number of rotatable bonds is 76. The van der Waals surface area contributed by atoms with E-state index in [0.29, 0.717) is 25.7 Å². The van der Waals surface area contributed by atoms with Gasteiger partial charge >= 0.3 is 39.5 Å². The van der Waals surface area contributed by atoms with Crippen LogP contribution in [0.1, 0.15) is 400 Å². The SMILES string of the molecule is CCCCCCCCCCCCCCCCCCCCCC(=O)O[C@H](COC(=O)CCCCCCCCCCCCCCCCCCCC)COP(=O)(O)OC[C@@H](O)COP(=O)(O)OC[C@@H](COC(=O)CCCCCCCCC)OC(=O)CCCCCCCCCCCC. The van der Waals surface area contributed by atoms with Crippen LogP contribution >= 0.6 is 15.6 Å². The second-order valence-electron chi connectivity index (χ2n) is 27.0. The summed E-state index contributed by atoms with van der Waals surface area (Å²) >= 11 is 0. The molecule has 0 aromatic carbocycles. The molecule has 5 atom stereocenters. The van der Waals surface area contributed by atoms with Gasteiger partial charge < -0.3 is 33.8 Å². The number of aliphatic hydroxyl groups is 1. The molecule has 0 heterocycles. The highest BCUT2D eigenvalue weighted by Crippen LogP contribution is 2.45. The first-order chi connectivity index (χ1) is 45.7. The van der Waals surface area contributed by atoms with E-state index >= 15 is 0 Å². The lowest BCUT2D eigenvalue weighted by Crippen LogP contribution is -2.30. The maximum absolute atomic E-state index is 13.1. The van der Waals surface area contributed by atoms with Crippen LogP contribution in [-0.4, -0.2) is 96.7 Å². The van der Waals surface area contributed by atoms with Gasteiger partial charge in [-0.25, -0.2) is 9.13 Å². The number of hydrogen-bond donors (Lipinski definition) is 3. The number of unbranched alkanes of at least 4 members (excludes halogenated alkanes) is 50. The third kappa shape index (κ3) is 68.6. The molecule has 0 fully saturated rings. The van der Waals surface area contributed by atoms with E-state index in [1.807, 2.05) is 0 Å². The maximum Gasteiger partial charge on any atom is 0.472 e. The maximum atomic E-state index is 13.1. The Labute approximate surface area is 575 Å². The summed E-state index contributed by atoms with van der Waals surface area (Å²) in [6, 6.07) is 0. The zero-order valence-corrected chi connectivity index (χ0v) is 62.7. The Morgan fingerprint density at radius 3 is 0.628 bits per heavy atom. The van der Waals surface area contributed by atoms with Crippen LogP contribution in [0.15, 0.2) is 0 Å². The summed E-state index contributed by atoms with van der Waals surface area (Å²) in [7, 11) is -9.90. The van der Waals surface area contributed by atoms with Gasteiger partial charge in [-0.2, -0.15) is 0 Å². The lowest BCUT2D eigenvalue weighted by Gasteiger charge is -2.21. The predicted molar refractivity (Wildman–Crippen MR) is 382 cm³/mol. The van der Waals surface area contributed by atoms with Crippen molar-refractivity contribution in [2.45, 2.75) is 418 Å². The summed E-state index contributed by atoms with van der Waals surface area (Å²) in [5, 5.41) is 10.6. The van der Waals surface area contributed by atoms with Crippen LogP contribution in [0.2, 0.25) is 0 Å². The molecule has 0 bridgehead atoms. The largest absolute Gasteiger partial charge is 0.472 e. The summed E-state index contributed by atoms with van der Waals surface area (Å²) in [6.07, 6.45) is 59.9. The highest BCUT2D eigenvalue weighted by molar-refractivity contribution is 7.47. The molecule has 0 rings (SSSR count). The second-order valence-corrected chi connectivity index (χ2v) is 29.9. The van der Waals surface area contributed by atoms with Crippen molar-refractivity contribution in [1.29, 1.82) is 0 Å². The van der Waals surface area contributed by atoms with Crippen molar-refractivity contribution < 1.29 is 80.2 Å². The molecule has 0 radical (unpaired) electrons. The van der Waals surface area contributed by atoms with E-state index in [1.165, 1.54) is 218 Å². The fourth-order valence-electron chi connectivity index (χ4n) is 11.6. The van der Waals surface area contributed by atoms with Crippen molar-refractivity contribution in [3.63, 3.8) is 0 Å². The van der Waals surface area contributed by atoms with Crippen molar-refractivity contribution in [3.8, 4) is 0 Å². The molecule has 0 aliphatic carbocycles. The number of phosphoric acid groups is 2. The van der Waals surface area contributed by atoms with E-state index in [1.54, 1.807) is 0 Å². The van der Waals surface area contributed by atoms with Gasteiger partial charge in [0.1, 0.15) is 19.3 Å². The summed E-state index contributed by atoms with van der Waals surface area (Å²) in [4.78, 5) is 72.6. The van der Waals surface area contributed by atoms with Crippen molar-refractivity contribution in [2.24, 2.45) is 0 Å². The van der Waals surface area contributed by atoms with E-state index in [0.717, 1.165) is 103 Å². The van der Waals surface area contributed by atoms with Gasteiger partial charge in [-0.3, -0.25) is 37.3 Å². The van der Waals surface area contributed by atoms with E-state index < -0.39 is 97.5 Å². The predicted octanol–water partition coefficient (Wildman–Crippen LogP) is 22.2. The van der Waals surface area contributed by atoms with Crippen molar-refractivity contribution >= 4 is 39.5 Å². The molecule has 0 aliphatic heterocycles. The van der Waals surface area contributed by atoms with Crippen molar-refractivity contribution in [1.82, 2.24) is 0 Å². The first kappa shape index (κ1) is 92.1. The van der Waals surface area contributed by atoms with Crippen LogP contribution in [0.5, 0.6) is 0 Å². The Morgan fingerprint density at radius 1 is 0.255 bits per heavy atom. The molecule has 2 unspecified atom stereocenters. The first-order valence-corrected chi connectivity index (χ1v) is 42.3. The first-order valence-electron chi connectivity index (χ1n) is 39.3. The molecule has 19 heteroatoms. The van der Waals surface area contributed by atoms with Gasteiger partial charge in [-0.1, -0.05) is 349 Å². The van der Waals surface area contributed by atoms with E-state index in [4.69, 9.17) is 37.0 Å². The minimum atomic E-state index is -4.95. The van der Waals surface area contributed by atoms with Gasteiger partial charge in [0.15, 0.2) is 12.2 Å². The Bertz CT molecular complexity index is 1790. The van der Waals surface area contributed by atoms with Crippen LogP contribution in [0, 0.1) is 0 Å². The molecular formula is C75H146O17P2. The lowest BCUT2D eigenvalue weighted by molar-refractivity contribution is -0.161. The van der Waals surface area contributed by atoms with Crippen LogP contribution in [0.25, 0.3) is 0 Å². The third-order valence-electron chi connectivity index (χ3n) is 17.6. The fourth-order valence-corrected chi connectivity index (χ4v) is 13.2. The Kier molecular flexibility index (Phi) is 68.1. The highest BCUT2D eigenvalue weighted by atomic mass is 31.2. The van der Waals surface area contributed by atoms with Crippen molar-refractivity contribution in [2.75, 3.05) is 39.6 Å². The molecule has 0 aliphatic rings. The monoisotopic (exact) mass is 1380 g/mol. The number of carbonyl (C=O) groups is 4. The normalized spacial score (nSPS) is 13.9. The van der Waals surface area contributed by atoms with Crippen LogP contribution in [0.3, 0.4) is 0 Å². The number of hydrogen-bond acceptors (Lipinski definition) is 15. The number of ether oxygens (including phenoxy) is 4. The summed E-state index contributed by atoms with van der Waals surface area (Å²) in [5.74, 6) is -2.12. The smallest absolute Gasteiger partial charge is 0.462 e. The molecule has 0 aromatic rings. The topological polar surface area (TPSA) is 237 Å². The molecule has 0 amide bonds. The summed E-state index contributed by atoms with van der Waals surface area (Å²) in [6.45, 7) is 4.93. The molecule has 17 nitrogen and oxygen atoms in total. The molecular weight excluding hydrogens is 1230 g/mol. The van der Waals surface area contributed by atoms with E-state index in [2.05, 4.69) is 27.7 Å². The summed E-state index contributed by atoms with van der Waals surface area (Å²) < 4.78 is 68.3. The average molecular weight is 1380 g/mol. The molecule has 0 saturated heterocycles. The summed E-state index contributed by atoms with van der Waals surface area (Å²) in [5.41, 5.74) is 0. The number of carbonyl (C=O) groups excluding carboxylic acids is 4. The Morgan fingerprint density at radius 2 is 0.426 bits per heavy atom. The lowest BCUT2D eigenvalue weighted by atomic mass is 10.0. The minimum absolute atomic E-state index is 0.107. The number of phosphoric ester groups is 2. The number of aliphatic hydroxyl groups excluding tert-OH is 1. The van der Waals surface area contributed by atoms with E-state index in [9.17, 15) is 43.2 Å². The third-order valence-corrected chi connectivity index (χ3v) is 19.5. The van der Waals surface area contributed by atoms with Gasteiger partial charge in [-0.05, 0) is 25.7 Å². The van der Waals surface area contributed by atoms with Crippen molar-refractivity contribution in [3.05, 3.63) is 0 Å². The zero-order chi connectivity index (χ0) is 69.0. The standard InChI is InChI=1S/C75H146O17P2/c1-5-9-13-17-21-24-27-29-31-33-35-37-39-41-43-46-50-54-58-62-75(80)92-71(66-86-73(78)60-56-52-48-45-42-40-38-36-34-32-30-28-25-22-18-14-10-6-2)68-90-94(83,84)88-64-69(76)63-87-93(81,82)89-67-70(65-85-72(77)59-55-51-47-20-16-12-8-4)91-74(79)61-57-53-49-44-26-23-19-15-11-7-3/h69-71,76H,5-68H2,1-4H3,(H,81,82)(H,83,84)/t69-,70+,71+/m0/s1. The minimum Gasteiger partial charge on any atom is -0.462 e. The molecule has 0 spiro atoms. The van der Waals surface area contributed by atoms with Gasteiger partial charge in [0, 0.05) is 25.7 Å². The molecule has 3 N–H and O–H groups in total. The number of esters is 4. The Hall–Kier alpha value is -1.94. The molecule has 0 saturated carbocycles.